The summed E-state index contributed by atoms with van der Waals surface area (Å²) >= 11 is 4.59. The quantitative estimate of drug-likeness (QED) is 0.480. The molecular formula is C19H14BrN3O4S. The molecule has 0 unspecified atom stereocenters. The minimum absolute atomic E-state index is 0.202. The molecule has 1 amide bonds. The number of benzene rings is 2. The Hall–Kier alpha value is -2.39. The summed E-state index contributed by atoms with van der Waals surface area (Å²) < 4.78 is 6.74. The van der Waals surface area contributed by atoms with Crippen molar-refractivity contribution in [2.45, 2.75) is 17.2 Å². The van der Waals surface area contributed by atoms with E-state index in [1.807, 2.05) is 24.3 Å². The third kappa shape index (κ3) is 1.81. The summed E-state index contributed by atoms with van der Waals surface area (Å²) in [6.45, 7) is 0. The fourth-order valence-electron chi connectivity index (χ4n) is 4.62. The molecule has 1 spiro atoms. The number of nitrogens with zero attached hydrogens (tertiary/aromatic N) is 3. The van der Waals surface area contributed by atoms with Crippen LogP contribution in [0.15, 0.2) is 51.9 Å². The lowest BCUT2D eigenvalue weighted by atomic mass is 9.74. The van der Waals surface area contributed by atoms with Crippen molar-refractivity contribution in [3.8, 4) is 5.75 Å². The maximum atomic E-state index is 13.6. The standard InChI is InChI=1S/C19H14BrN3O4S/c1-22-13-6-4-3-5-12(13)18(17(22)24)15-11-9-10(20)7-8-14(11)27-19(15,23(25)26)16(21-18)28-2/h3-9,15H,1-2H3/t15-,18+,19-/m0/s1. The van der Waals surface area contributed by atoms with Gasteiger partial charge < -0.3 is 9.64 Å². The lowest BCUT2D eigenvalue weighted by Gasteiger charge is -2.28. The van der Waals surface area contributed by atoms with E-state index in [1.165, 1.54) is 4.90 Å². The van der Waals surface area contributed by atoms with E-state index in [0.29, 0.717) is 22.6 Å². The molecule has 0 N–H and O–H groups in total. The molecule has 0 saturated heterocycles. The Bertz CT molecular complexity index is 1110. The van der Waals surface area contributed by atoms with Gasteiger partial charge in [-0.25, -0.2) is 4.99 Å². The van der Waals surface area contributed by atoms with Gasteiger partial charge in [0.15, 0.2) is 10.6 Å². The van der Waals surface area contributed by atoms with Crippen LogP contribution in [0.4, 0.5) is 5.69 Å². The summed E-state index contributed by atoms with van der Waals surface area (Å²) in [7, 11) is 1.67. The Balaban J connectivity index is 1.89. The van der Waals surface area contributed by atoms with Gasteiger partial charge in [-0.15, -0.1) is 11.8 Å². The first kappa shape index (κ1) is 17.7. The van der Waals surface area contributed by atoms with Crippen molar-refractivity contribution >= 4 is 44.3 Å². The SMILES string of the molecule is CSC1=N[C@@]2(C(=O)N(C)c3ccccc32)[C@@H]2c3cc(Br)ccc3O[C@]12[N+](=O)[O-]. The lowest BCUT2D eigenvalue weighted by Crippen LogP contribution is -2.54. The van der Waals surface area contributed by atoms with E-state index in [0.717, 1.165) is 16.2 Å². The zero-order chi connectivity index (χ0) is 19.8. The van der Waals surface area contributed by atoms with Crippen molar-refractivity contribution in [1.29, 1.82) is 0 Å². The number of aliphatic imine (C=N–C) groups is 1. The van der Waals surface area contributed by atoms with Gasteiger partial charge in [-0.2, -0.15) is 0 Å². The molecule has 0 saturated carbocycles. The molecule has 2 aromatic carbocycles. The van der Waals surface area contributed by atoms with Gasteiger partial charge in [-0.3, -0.25) is 14.9 Å². The summed E-state index contributed by atoms with van der Waals surface area (Å²) in [4.78, 5) is 31.8. The van der Waals surface area contributed by atoms with E-state index in [2.05, 4.69) is 15.9 Å². The number of halogens is 1. The van der Waals surface area contributed by atoms with Gasteiger partial charge in [0.25, 0.3) is 5.91 Å². The van der Waals surface area contributed by atoms with Gasteiger partial charge in [0.05, 0.1) is 4.92 Å². The van der Waals surface area contributed by atoms with Crippen molar-refractivity contribution in [1.82, 2.24) is 0 Å². The smallest absolute Gasteiger partial charge is 0.422 e. The molecule has 0 aliphatic carbocycles. The number of carbonyl (C=O) groups is 1. The highest BCUT2D eigenvalue weighted by atomic mass is 79.9. The third-order valence-electron chi connectivity index (χ3n) is 5.71. The molecule has 0 bridgehead atoms. The van der Waals surface area contributed by atoms with Crippen molar-refractivity contribution in [3.63, 3.8) is 0 Å². The van der Waals surface area contributed by atoms with Crippen LogP contribution in [0.1, 0.15) is 17.0 Å². The highest BCUT2D eigenvalue weighted by molar-refractivity contribution is 9.10. The molecule has 9 heteroatoms. The molecule has 3 aliphatic heterocycles. The van der Waals surface area contributed by atoms with Crippen molar-refractivity contribution in [2.24, 2.45) is 4.99 Å². The minimum Gasteiger partial charge on any atom is -0.422 e. The third-order valence-corrected chi connectivity index (χ3v) is 6.98. The van der Waals surface area contributed by atoms with Crippen LogP contribution in [0.3, 0.4) is 0 Å². The molecule has 7 nitrogen and oxygen atoms in total. The zero-order valence-electron chi connectivity index (χ0n) is 14.9. The highest BCUT2D eigenvalue weighted by Crippen LogP contribution is 2.64. The summed E-state index contributed by atoms with van der Waals surface area (Å²) in [6, 6.07) is 12.6. The first-order valence-corrected chi connectivity index (χ1v) is 10.5. The number of rotatable bonds is 1. The largest absolute Gasteiger partial charge is 0.422 e. The average Bonchev–Trinajstić information content (AvgIpc) is 3.25. The molecule has 3 heterocycles. The minimum atomic E-state index is -1.92. The number of fused-ring (bicyclic) bond motifs is 6. The van der Waals surface area contributed by atoms with Crippen molar-refractivity contribution in [3.05, 3.63) is 68.2 Å². The Kier molecular flexibility index (Phi) is 3.52. The van der Waals surface area contributed by atoms with Crippen LogP contribution >= 0.6 is 27.7 Å². The topological polar surface area (TPSA) is 85.0 Å². The normalized spacial score (nSPS) is 29.4. The second-order valence-electron chi connectivity index (χ2n) is 6.94. The predicted molar refractivity (Wildman–Crippen MR) is 110 cm³/mol. The number of amides is 1. The first-order valence-electron chi connectivity index (χ1n) is 8.53. The summed E-state index contributed by atoms with van der Waals surface area (Å²) in [5.74, 6) is -0.778. The van der Waals surface area contributed by atoms with E-state index in [9.17, 15) is 14.9 Å². The monoisotopic (exact) mass is 459 g/mol. The van der Waals surface area contributed by atoms with Gasteiger partial charge in [-0.05, 0) is 30.5 Å². The van der Waals surface area contributed by atoms with E-state index in [-0.39, 0.29) is 11.0 Å². The van der Waals surface area contributed by atoms with Gasteiger partial charge >= 0.3 is 5.72 Å². The molecule has 2 aromatic rings. The fourth-order valence-corrected chi connectivity index (χ4v) is 5.76. The van der Waals surface area contributed by atoms with Crippen LogP contribution in [0.2, 0.25) is 0 Å². The molecule has 0 aromatic heterocycles. The second kappa shape index (κ2) is 5.57. The maximum Gasteiger partial charge on any atom is 0.422 e. The number of thioether (sulfide) groups is 1. The number of ether oxygens (including phenoxy) is 1. The Morgan fingerprint density at radius 2 is 2.07 bits per heavy atom. The van der Waals surface area contributed by atoms with E-state index < -0.39 is 22.1 Å². The number of nitro groups is 1. The number of para-hydroxylation sites is 1. The van der Waals surface area contributed by atoms with Crippen LogP contribution in [-0.2, 0) is 10.3 Å². The van der Waals surface area contributed by atoms with Gasteiger partial charge in [0.1, 0.15) is 11.7 Å². The molecule has 3 aliphatic rings. The van der Waals surface area contributed by atoms with Crippen LogP contribution in [0.5, 0.6) is 5.75 Å². The van der Waals surface area contributed by atoms with E-state index in [1.54, 1.807) is 31.5 Å². The molecule has 0 radical (unpaired) electrons. The van der Waals surface area contributed by atoms with Gasteiger partial charge in [0.2, 0.25) is 0 Å². The van der Waals surface area contributed by atoms with E-state index >= 15 is 0 Å². The van der Waals surface area contributed by atoms with Crippen molar-refractivity contribution in [2.75, 3.05) is 18.2 Å². The van der Waals surface area contributed by atoms with Crippen LogP contribution < -0.4 is 9.64 Å². The Morgan fingerprint density at radius 3 is 2.79 bits per heavy atom. The molecule has 3 atom stereocenters. The van der Waals surface area contributed by atoms with E-state index in [4.69, 9.17) is 9.73 Å². The Morgan fingerprint density at radius 1 is 1.32 bits per heavy atom. The highest BCUT2D eigenvalue weighted by Gasteiger charge is 2.78. The number of carbonyl (C=O) groups excluding carboxylic acids is 1. The second-order valence-corrected chi connectivity index (χ2v) is 8.65. The number of likely N-dealkylation sites (N-methyl/N-ethyl adjacent to an activating group) is 1. The molecule has 28 heavy (non-hydrogen) atoms. The first-order chi connectivity index (χ1) is 13.4. The molecule has 5 rings (SSSR count). The molecule has 142 valence electrons. The van der Waals surface area contributed by atoms with Crippen LogP contribution in [0, 0.1) is 10.1 Å². The summed E-state index contributed by atoms with van der Waals surface area (Å²) in [5.41, 5.74) is -1.37. The van der Waals surface area contributed by atoms with Gasteiger partial charge in [-0.1, -0.05) is 34.1 Å². The number of hydrogen-bond acceptors (Lipinski definition) is 6. The Labute approximate surface area is 173 Å². The maximum absolute atomic E-state index is 13.6. The average molecular weight is 460 g/mol. The summed E-state index contributed by atoms with van der Waals surface area (Å²) in [5, 5.41) is 12.6. The van der Waals surface area contributed by atoms with Crippen LogP contribution in [-0.4, -0.2) is 34.9 Å². The van der Waals surface area contributed by atoms with Crippen molar-refractivity contribution < 1.29 is 14.5 Å². The number of anilines is 1. The molecular weight excluding hydrogens is 446 g/mol. The summed E-state index contributed by atoms with van der Waals surface area (Å²) in [6.07, 6.45) is 1.72. The van der Waals surface area contributed by atoms with Crippen LogP contribution in [0.25, 0.3) is 0 Å². The zero-order valence-corrected chi connectivity index (χ0v) is 17.3. The fraction of sp³-hybridized carbons (Fsp3) is 0.263. The number of hydrogen-bond donors (Lipinski definition) is 0. The lowest BCUT2D eigenvalue weighted by molar-refractivity contribution is -0.590. The van der Waals surface area contributed by atoms with Gasteiger partial charge in [0, 0.05) is 28.3 Å². The predicted octanol–water partition coefficient (Wildman–Crippen LogP) is 3.55. The molecule has 0 fully saturated rings.